The molecule has 9 heteroatoms. The van der Waals surface area contributed by atoms with Gasteiger partial charge in [0.25, 0.3) is 11.1 Å². The maximum Gasteiger partial charge on any atom is 0.326 e. The van der Waals surface area contributed by atoms with Crippen LogP contribution in [0.25, 0.3) is 6.08 Å². The van der Waals surface area contributed by atoms with Crippen LogP contribution in [0.5, 0.6) is 0 Å². The number of esters is 1. The number of hydrogen-bond acceptors (Lipinski definition) is 6. The average Bonchev–Trinajstić information content (AvgIpc) is 2.77. The van der Waals surface area contributed by atoms with Crippen molar-refractivity contribution in [1.82, 2.24) is 9.80 Å². The van der Waals surface area contributed by atoms with Gasteiger partial charge in [0.15, 0.2) is 0 Å². The number of amides is 2. The molecule has 0 radical (unpaired) electrons. The summed E-state index contributed by atoms with van der Waals surface area (Å²) >= 11 is 4.16. The van der Waals surface area contributed by atoms with Crippen molar-refractivity contribution in [2.45, 2.75) is 0 Å². The Morgan fingerprint density at radius 3 is 2.52 bits per heavy atom. The van der Waals surface area contributed by atoms with Gasteiger partial charge >= 0.3 is 5.97 Å². The number of thioether (sulfide) groups is 1. The van der Waals surface area contributed by atoms with Crippen molar-refractivity contribution in [3.8, 4) is 0 Å². The van der Waals surface area contributed by atoms with Crippen molar-refractivity contribution in [2.75, 3.05) is 33.8 Å². The monoisotopic (exact) mass is 448 g/mol. The smallest absolute Gasteiger partial charge is 0.326 e. The Bertz CT molecular complexity index is 679. The molecular formula is C16H18BrClN2O4S. The van der Waals surface area contributed by atoms with Gasteiger partial charge in [-0.25, -0.2) is 0 Å². The number of carbonyl (C=O) groups is 3. The van der Waals surface area contributed by atoms with E-state index in [2.05, 4.69) is 15.9 Å². The molecule has 1 heterocycles. The average molecular weight is 450 g/mol. The normalized spacial score (nSPS) is 15.7. The summed E-state index contributed by atoms with van der Waals surface area (Å²) < 4.78 is 5.94. The molecule has 1 aromatic carbocycles. The number of hydrogen-bond donors (Lipinski definition) is 0. The molecule has 25 heavy (non-hydrogen) atoms. The predicted molar refractivity (Wildman–Crippen MR) is 104 cm³/mol. The third-order valence-electron chi connectivity index (χ3n) is 3.13. The third kappa shape index (κ3) is 6.47. The Hall–Kier alpha value is -1.35. The number of ether oxygens (including phenoxy) is 1. The van der Waals surface area contributed by atoms with E-state index in [1.165, 1.54) is 0 Å². The lowest BCUT2D eigenvalue weighted by atomic mass is 10.2. The summed E-state index contributed by atoms with van der Waals surface area (Å²) in [6.45, 7) is 0.434. The molecule has 1 fully saturated rings. The van der Waals surface area contributed by atoms with Crippen LogP contribution in [-0.4, -0.2) is 60.7 Å². The molecule has 0 unspecified atom stereocenters. The van der Waals surface area contributed by atoms with Gasteiger partial charge in [-0.1, -0.05) is 28.1 Å². The second-order valence-corrected chi connectivity index (χ2v) is 7.25. The highest BCUT2D eigenvalue weighted by Crippen LogP contribution is 2.32. The van der Waals surface area contributed by atoms with Crippen molar-refractivity contribution < 1.29 is 19.1 Å². The van der Waals surface area contributed by atoms with Crippen LogP contribution in [0.3, 0.4) is 0 Å². The minimum absolute atomic E-state index is 0. The van der Waals surface area contributed by atoms with Crippen LogP contribution < -0.4 is 0 Å². The van der Waals surface area contributed by atoms with E-state index in [1.54, 1.807) is 6.08 Å². The minimum atomic E-state index is -0.593. The number of imide groups is 1. The molecule has 6 nitrogen and oxygen atoms in total. The number of likely N-dealkylation sites (N-methyl/N-ethyl adjacent to an activating group) is 1. The van der Waals surface area contributed by atoms with Gasteiger partial charge in [0.05, 0.1) is 4.91 Å². The number of halogens is 2. The van der Waals surface area contributed by atoms with Gasteiger partial charge in [0.2, 0.25) is 0 Å². The molecule has 136 valence electrons. The molecule has 0 saturated carbocycles. The zero-order valence-electron chi connectivity index (χ0n) is 13.7. The Balaban J connectivity index is 0.00000312. The molecule has 0 atom stereocenters. The lowest BCUT2D eigenvalue weighted by Crippen LogP contribution is -2.35. The second-order valence-electron chi connectivity index (χ2n) is 5.34. The standard InChI is InChI=1S/C16H17BrN2O4S.ClH/c1-18(2)7-8-23-14(20)10-19-15(21)13(24-16(19)22)9-11-3-5-12(17)6-4-11;/h3-6,9H,7-8,10H2,1-2H3;1H/b13-9+;. The Morgan fingerprint density at radius 2 is 1.92 bits per heavy atom. The summed E-state index contributed by atoms with van der Waals surface area (Å²) in [5, 5.41) is -0.465. The Kier molecular flexibility index (Phi) is 8.64. The summed E-state index contributed by atoms with van der Waals surface area (Å²) in [7, 11) is 3.72. The van der Waals surface area contributed by atoms with Crippen molar-refractivity contribution in [2.24, 2.45) is 0 Å². The number of nitrogens with zero attached hydrogens (tertiary/aromatic N) is 2. The highest BCUT2D eigenvalue weighted by Gasteiger charge is 2.36. The molecule has 0 spiro atoms. The van der Waals surface area contributed by atoms with Crippen LogP contribution in [0, 0.1) is 0 Å². The number of benzene rings is 1. The second kappa shape index (κ2) is 9.96. The van der Waals surface area contributed by atoms with E-state index in [9.17, 15) is 14.4 Å². The lowest BCUT2D eigenvalue weighted by Gasteiger charge is -2.13. The first-order valence-electron chi connectivity index (χ1n) is 7.18. The summed E-state index contributed by atoms with van der Waals surface area (Å²) in [5.74, 6) is -1.07. The first-order chi connectivity index (χ1) is 11.4. The van der Waals surface area contributed by atoms with Crippen LogP contribution in [0.4, 0.5) is 4.79 Å². The molecule has 0 bridgehead atoms. The van der Waals surface area contributed by atoms with Gasteiger partial charge in [-0.05, 0) is 49.6 Å². The maximum absolute atomic E-state index is 12.3. The third-order valence-corrected chi connectivity index (χ3v) is 4.57. The largest absolute Gasteiger partial charge is 0.463 e. The number of rotatable bonds is 6. The van der Waals surface area contributed by atoms with Crippen molar-refractivity contribution in [1.29, 1.82) is 0 Å². The predicted octanol–water partition coefficient (Wildman–Crippen LogP) is 3.01. The van der Waals surface area contributed by atoms with Gasteiger partial charge in [-0.2, -0.15) is 0 Å². The van der Waals surface area contributed by atoms with E-state index in [0.29, 0.717) is 11.4 Å². The van der Waals surface area contributed by atoms with Gasteiger partial charge in [-0.3, -0.25) is 19.3 Å². The zero-order chi connectivity index (χ0) is 17.7. The highest BCUT2D eigenvalue weighted by atomic mass is 79.9. The van der Waals surface area contributed by atoms with Crippen LogP contribution in [0.15, 0.2) is 33.6 Å². The Morgan fingerprint density at radius 1 is 1.28 bits per heavy atom. The topological polar surface area (TPSA) is 66.9 Å². The van der Waals surface area contributed by atoms with Crippen LogP contribution in [0.1, 0.15) is 5.56 Å². The van der Waals surface area contributed by atoms with E-state index >= 15 is 0 Å². The summed E-state index contributed by atoms with van der Waals surface area (Å²) in [6.07, 6.45) is 1.63. The van der Waals surface area contributed by atoms with Crippen LogP contribution in [0.2, 0.25) is 0 Å². The molecule has 0 N–H and O–H groups in total. The van der Waals surface area contributed by atoms with E-state index in [0.717, 1.165) is 26.7 Å². The van der Waals surface area contributed by atoms with E-state index < -0.39 is 17.1 Å². The Labute approximate surface area is 165 Å². The summed E-state index contributed by atoms with van der Waals surface area (Å²) in [4.78, 5) is 39.1. The zero-order valence-corrected chi connectivity index (χ0v) is 16.9. The van der Waals surface area contributed by atoms with Crippen molar-refractivity contribution in [3.05, 3.63) is 39.2 Å². The molecular weight excluding hydrogens is 432 g/mol. The fourth-order valence-electron chi connectivity index (χ4n) is 1.86. The first-order valence-corrected chi connectivity index (χ1v) is 8.79. The molecule has 1 aromatic rings. The molecule has 1 saturated heterocycles. The van der Waals surface area contributed by atoms with Gasteiger partial charge in [-0.15, -0.1) is 12.4 Å². The molecule has 2 rings (SSSR count). The van der Waals surface area contributed by atoms with E-state index in [-0.39, 0.29) is 25.6 Å². The molecule has 0 aromatic heterocycles. The minimum Gasteiger partial charge on any atom is -0.463 e. The van der Waals surface area contributed by atoms with Crippen molar-refractivity contribution in [3.63, 3.8) is 0 Å². The molecule has 1 aliphatic rings. The summed E-state index contributed by atoms with van der Waals surface area (Å²) in [6, 6.07) is 7.34. The quantitative estimate of drug-likeness (QED) is 0.491. The SMILES string of the molecule is CN(C)CCOC(=O)CN1C(=O)S/C(=C/c2ccc(Br)cc2)C1=O.Cl. The van der Waals surface area contributed by atoms with E-state index in [1.807, 2.05) is 43.3 Å². The lowest BCUT2D eigenvalue weighted by molar-refractivity contribution is -0.146. The van der Waals surface area contributed by atoms with E-state index in [4.69, 9.17) is 4.74 Å². The van der Waals surface area contributed by atoms with Crippen molar-refractivity contribution >= 4 is 63.3 Å². The summed E-state index contributed by atoms with van der Waals surface area (Å²) in [5.41, 5.74) is 0.803. The van der Waals surface area contributed by atoms with Gasteiger partial charge < -0.3 is 9.64 Å². The van der Waals surface area contributed by atoms with Gasteiger partial charge in [0, 0.05) is 11.0 Å². The fourth-order valence-corrected chi connectivity index (χ4v) is 2.97. The molecule has 1 aliphatic heterocycles. The maximum atomic E-state index is 12.3. The molecule has 2 amide bonds. The fraction of sp³-hybridized carbons (Fsp3) is 0.312. The van der Waals surface area contributed by atoms with Crippen LogP contribution >= 0.6 is 40.1 Å². The highest BCUT2D eigenvalue weighted by molar-refractivity contribution is 9.10. The molecule has 0 aliphatic carbocycles. The number of carbonyl (C=O) groups excluding carboxylic acids is 3. The first kappa shape index (κ1) is 21.7. The van der Waals surface area contributed by atoms with Gasteiger partial charge in [0.1, 0.15) is 13.2 Å². The van der Waals surface area contributed by atoms with Crippen LogP contribution in [-0.2, 0) is 14.3 Å².